The van der Waals surface area contributed by atoms with E-state index in [4.69, 9.17) is 25.2 Å². The van der Waals surface area contributed by atoms with E-state index in [9.17, 15) is 14.4 Å². The van der Waals surface area contributed by atoms with Gasteiger partial charge in [-0.1, -0.05) is 54.6 Å². The number of amides is 1. The summed E-state index contributed by atoms with van der Waals surface area (Å²) in [7, 11) is 0. The first-order valence-electron chi connectivity index (χ1n) is 12.4. The summed E-state index contributed by atoms with van der Waals surface area (Å²) in [5.41, 5.74) is 3.70. The van der Waals surface area contributed by atoms with Crippen molar-refractivity contribution in [2.75, 3.05) is 26.2 Å². The summed E-state index contributed by atoms with van der Waals surface area (Å²) >= 11 is 0. The average Bonchev–Trinajstić information content (AvgIpc) is 2.93. The Morgan fingerprint density at radius 3 is 1.97 bits per heavy atom. The Hall–Kier alpha value is -1.83. The molecule has 0 radical (unpaired) electrons. The van der Waals surface area contributed by atoms with Crippen LogP contribution in [0.25, 0.3) is 0 Å². The summed E-state index contributed by atoms with van der Waals surface area (Å²) in [6, 6.07) is 18.8. The zero-order chi connectivity index (χ0) is 26.5. The van der Waals surface area contributed by atoms with Gasteiger partial charge in [0.25, 0.3) is 0 Å². The van der Waals surface area contributed by atoms with Gasteiger partial charge in [0.05, 0.1) is 6.04 Å². The van der Waals surface area contributed by atoms with Crippen LogP contribution in [0.5, 0.6) is 0 Å². The van der Waals surface area contributed by atoms with Crippen molar-refractivity contribution >= 4 is 18.0 Å². The van der Waals surface area contributed by atoms with Crippen LogP contribution in [-0.4, -0.2) is 92.7 Å². The largest absolute Gasteiger partial charge is 1.00 e. The third kappa shape index (κ3) is 7.22. The summed E-state index contributed by atoms with van der Waals surface area (Å²) in [6.45, 7) is 3.91. The van der Waals surface area contributed by atoms with Gasteiger partial charge in [0.1, 0.15) is 6.10 Å². The number of carboxylic acids is 2. The number of carbonyl (C=O) groups excluding carboxylic acids is 1. The summed E-state index contributed by atoms with van der Waals surface area (Å²) in [5, 5.41) is 32.5. The Labute approximate surface area is 263 Å². The number of aliphatic carboxylic acids is 2. The van der Waals surface area contributed by atoms with Crippen molar-refractivity contribution in [3.8, 4) is 0 Å². The molecule has 4 N–H and O–H groups in total. The third-order valence-electron chi connectivity index (χ3n) is 7.29. The maximum atomic E-state index is 13.2. The van der Waals surface area contributed by atoms with E-state index >= 15 is 0 Å². The number of nitrogens with zero attached hydrogens (tertiary/aromatic N) is 2. The minimum atomic E-state index is -2.27. The van der Waals surface area contributed by atoms with Crippen molar-refractivity contribution in [2.24, 2.45) is 5.92 Å². The minimum Gasteiger partial charge on any atom is -0.479 e. The number of carboxylic acid groups (broad SMARTS) is 2. The molecule has 2 unspecified atom stereocenters. The standard InChI is InChI=1S/C23H26N2O2.C4H6O6.K/c26-23(27-21-16-24-13-10-18(21)11-14-24)25-15-12-17-6-4-5-9-20(17)22(25)19-7-2-1-3-8-19;5-1(3(7)8)2(6)4(9)10;/h1-9,18,21-22H,10-16H2;1-2,5-6H,(H,7,8)(H,9,10);/q;;+1/t21-,22-;;/m0../s1. The molecule has 6 rings (SSSR count). The number of benzene rings is 2. The van der Waals surface area contributed by atoms with Crippen molar-refractivity contribution in [3.63, 3.8) is 0 Å². The topological polar surface area (TPSA) is 148 Å². The molecule has 4 heterocycles. The average molecular weight is 552 g/mol. The van der Waals surface area contributed by atoms with Gasteiger partial charge >= 0.3 is 69.4 Å². The molecule has 11 heteroatoms. The van der Waals surface area contributed by atoms with E-state index in [0.717, 1.165) is 44.5 Å². The maximum absolute atomic E-state index is 13.2. The fourth-order valence-electron chi connectivity index (χ4n) is 5.27. The molecule has 2 aromatic rings. The summed E-state index contributed by atoms with van der Waals surface area (Å²) in [5.74, 6) is -3.00. The molecule has 4 atom stereocenters. The molecule has 198 valence electrons. The van der Waals surface area contributed by atoms with E-state index in [-0.39, 0.29) is 69.6 Å². The Morgan fingerprint density at radius 2 is 1.42 bits per heavy atom. The molecule has 0 saturated carbocycles. The predicted octanol–water partition coefficient (Wildman–Crippen LogP) is -1.25. The third-order valence-corrected chi connectivity index (χ3v) is 7.29. The second-order valence-electron chi connectivity index (χ2n) is 9.58. The Bertz CT molecular complexity index is 1090. The van der Waals surface area contributed by atoms with Crippen LogP contribution in [0.15, 0.2) is 54.6 Å². The fourth-order valence-corrected chi connectivity index (χ4v) is 5.27. The van der Waals surface area contributed by atoms with Gasteiger partial charge in [0.2, 0.25) is 0 Å². The van der Waals surface area contributed by atoms with Crippen LogP contribution in [0.3, 0.4) is 0 Å². The van der Waals surface area contributed by atoms with Gasteiger partial charge < -0.3 is 25.2 Å². The van der Waals surface area contributed by atoms with Gasteiger partial charge in [-0.05, 0) is 55.0 Å². The van der Waals surface area contributed by atoms with Gasteiger partial charge in [-0.2, -0.15) is 0 Å². The van der Waals surface area contributed by atoms with Crippen LogP contribution >= 0.6 is 0 Å². The Morgan fingerprint density at radius 1 is 0.842 bits per heavy atom. The number of piperidine rings is 3. The first-order chi connectivity index (χ1) is 17.8. The zero-order valence-corrected chi connectivity index (χ0v) is 24.5. The first-order valence-corrected chi connectivity index (χ1v) is 12.4. The molecule has 4 aliphatic rings. The summed E-state index contributed by atoms with van der Waals surface area (Å²) in [4.78, 5) is 37.1. The number of hydrogen-bond acceptors (Lipinski definition) is 7. The molecule has 4 aliphatic heterocycles. The van der Waals surface area contributed by atoms with Crippen molar-refractivity contribution in [2.45, 2.75) is 43.6 Å². The number of carbonyl (C=O) groups is 3. The molecule has 2 bridgehead atoms. The van der Waals surface area contributed by atoms with Crippen molar-refractivity contribution in [3.05, 3.63) is 71.3 Å². The predicted molar refractivity (Wildman–Crippen MR) is 132 cm³/mol. The van der Waals surface area contributed by atoms with E-state index in [0.29, 0.717) is 12.5 Å². The van der Waals surface area contributed by atoms with Crippen LogP contribution in [-0.2, 0) is 20.7 Å². The fraction of sp³-hybridized carbons (Fsp3) is 0.444. The molecular formula is C27H32KN2O8+. The van der Waals surface area contributed by atoms with Crippen LogP contribution in [0.4, 0.5) is 4.79 Å². The van der Waals surface area contributed by atoms with Crippen LogP contribution in [0.2, 0.25) is 0 Å². The number of hydrogen-bond donors (Lipinski definition) is 4. The smallest absolute Gasteiger partial charge is 0.479 e. The number of ether oxygens (including phenoxy) is 1. The van der Waals surface area contributed by atoms with Gasteiger partial charge in [-0.15, -0.1) is 0 Å². The number of aliphatic hydroxyl groups is 2. The van der Waals surface area contributed by atoms with E-state index in [1.54, 1.807) is 0 Å². The normalized spacial score (nSPS) is 24.9. The van der Waals surface area contributed by atoms with E-state index in [1.807, 2.05) is 23.1 Å². The molecule has 10 nitrogen and oxygen atoms in total. The number of fused-ring (bicyclic) bond motifs is 4. The van der Waals surface area contributed by atoms with Crippen molar-refractivity contribution < 1.29 is 90.9 Å². The van der Waals surface area contributed by atoms with E-state index < -0.39 is 24.1 Å². The molecular weight excluding hydrogens is 519 g/mol. The second kappa shape index (κ2) is 14.0. The van der Waals surface area contributed by atoms with Gasteiger partial charge in [-0.25, -0.2) is 14.4 Å². The molecule has 0 spiro atoms. The van der Waals surface area contributed by atoms with Gasteiger partial charge in [-0.3, -0.25) is 9.80 Å². The van der Waals surface area contributed by atoms with Gasteiger partial charge in [0, 0.05) is 13.1 Å². The zero-order valence-electron chi connectivity index (χ0n) is 21.3. The van der Waals surface area contributed by atoms with Crippen LogP contribution in [0.1, 0.15) is 35.6 Å². The van der Waals surface area contributed by atoms with Crippen molar-refractivity contribution in [1.29, 1.82) is 0 Å². The molecule has 0 aromatic heterocycles. The molecule has 1 amide bonds. The van der Waals surface area contributed by atoms with Crippen LogP contribution < -0.4 is 51.4 Å². The quantitative estimate of drug-likeness (QED) is 0.335. The van der Waals surface area contributed by atoms with Crippen LogP contribution in [0, 0.1) is 5.92 Å². The molecule has 0 aliphatic carbocycles. The van der Waals surface area contributed by atoms with Crippen molar-refractivity contribution in [1.82, 2.24) is 9.80 Å². The first kappa shape index (κ1) is 30.7. The van der Waals surface area contributed by atoms with Gasteiger partial charge in [0.15, 0.2) is 12.2 Å². The maximum Gasteiger partial charge on any atom is 1.00 e. The Kier molecular flexibility index (Phi) is 11.3. The monoisotopic (exact) mass is 551 g/mol. The minimum absolute atomic E-state index is 0. The second-order valence-corrected chi connectivity index (χ2v) is 9.58. The summed E-state index contributed by atoms with van der Waals surface area (Å²) < 4.78 is 6.08. The number of aliphatic hydroxyl groups excluding tert-OH is 2. The van der Waals surface area contributed by atoms with E-state index in [2.05, 4.69) is 41.3 Å². The van der Waals surface area contributed by atoms with E-state index in [1.165, 1.54) is 11.1 Å². The molecule has 3 saturated heterocycles. The SMILES string of the molecule is O=C(O)C(O)C(O)C(=O)O.O=C(O[C@H]1CN2CCC1CC2)N1CCc2ccccc2[C@@H]1c1ccccc1.[K+]. The Balaban J connectivity index is 0.000000314. The molecule has 2 aromatic carbocycles. The molecule has 38 heavy (non-hydrogen) atoms. The number of rotatable bonds is 5. The summed E-state index contributed by atoms with van der Waals surface area (Å²) in [6.07, 6.45) is -1.44. The molecule has 3 fully saturated rings.